The molecule has 0 atom stereocenters. The number of hydrogen-bond donors (Lipinski definition) is 2. The lowest BCUT2D eigenvalue weighted by molar-refractivity contribution is 0.0635. The molecule has 1 aromatic carbocycles. The van der Waals surface area contributed by atoms with Gasteiger partial charge in [-0.1, -0.05) is 0 Å². The SMILES string of the molecule is CC(C)(C)OC(=O)Nc1ccc(F)cc1NC(=O)c1csc(-c2ccsc2)n1. The highest BCUT2D eigenvalue weighted by Gasteiger charge is 2.19. The Morgan fingerprint density at radius 1 is 1.11 bits per heavy atom. The number of carbonyl (C=O) groups is 2. The van der Waals surface area contributed by atoms with Gasteiger partial charge in [-0.3, -0.25) is 10.1 Å². The van der Waals surface area contributed by atoms with Crippen LogP contribution in [0.1, 0.15) is 31.3 Å². The fourth-order valence-electron chi connectivity index (χ4n) is 2.23. The van der Waals surface area contributed by atoms with Crippen molar-refractivity contribution in [1.82, 2.24) is 4.98 Å². The van der Waals surface area contributed by atoms with Crippen LogP contribution in [0.2, 0.25) is 0 Å². The summed E-state index contributed by atoms with van der Waals surface area (Å²) in [6, 6.07) is 5.57. The van der Waals surface area contributed by atoms with Gasteiger partial charge in [0.05, 0.1) is 11.4 Å². The molecule has 0 aliphatic rings. The Bertz CT molecular complexity index is 994. The molecule has 9 heteroatoms. The average Bonchev–Trinajstić information content (AvgIpc) is 3.26. The van der Waals surface area contributed by atoms with Crippen molar-refractivity contribution in [1.29, 1.82) is 0 Å². The van der Waals surface area contributed by atoms with E-state index in [1.54, 1.807) is 37.5 Å². The molecule has 0 radical (unpaired) electrons. The lowest BCUT2D eigenvalue weighted by Gasteiger charge is -2.20. The number of amides is 2. The van der Waals surface area contributed by atoms with Crippen LogP contribution in [0.5, 0.6) is 0 Å². The predicted molar refractivity (Wildman–Crippen MR) is 110 cm³/mol. The lowest BCUT2D eigenvalue weighted by Crippen LogP contribution is -2.27. The molecule has 0 spiro atoms. The number of aromatic nitrogens is 1. The van der Waals surface area contributed by atoms with E-state index in [0.717, 1.165) is 16.6 Å². The number of anilines is 2. The minimum Gasteiger partial charge on any atom is -0.444 e. The molecule has 146 valence electrons. The fourth-order valence-corrected chi connectivity index (χ4v) is 3.74. The number of hydrogen-bond acceptors (Lipinski definition) is 6. The van der Waals surface area contributed by atoms with Crippen LogP contribution in [0.4, 0.5) is 20.6 Å². The molecule has 6 nitrogen and oxygen atoms in total. The van der Waals surface area contributed by atoms with E-state index < -0.39 is 23.4 Å². The minimum absolute atomic E-state index is 0.112. The Morgan fingerprint density at radius 3 is 2.57 bits per heavy atom. The smallest absolute Gasteiger partial charge is 0.412 e. The van der Waals surface area contributed by atoms with Gasteiger partial charge in [-0.05, 0) is 50.4 Å². The molecule has 2 aromatic heterocycles. The molecule has 0 fully saturated rings. The highest BCUT2D eigenvalue weighted by atomic mass is 32.1. The van der Waals surface area contributed by atoms with Gasteiger partial charge >= 0.3 is 6.09 Å². The van der Waals surface area contributed by atoms with Gasteiger partial charge in [0.1, 0.15) is 22.1 Å². The third-order valence-electron chi connectivity index (χ3n) is 3.37. The standard InChI is InChI=1S/C19H18FN3O3S2/c1-19(2,3)26-18(25)23-13-5-4-12(20)8-14(13)21-16(24)15-10-28-17(22-15)11-6-7-27-9-11/h4-10H,1-3H3,(H,21,24)(H,23,25). The molecule has 28 heavy (non-hydrogen) atoms. The second-order valence-corrected chi connectivity index (χ2v) is 8.46. The molecule has 0 bridgehead atoms. The van der Waals surface area contributed by atoms with Gasteiger partial charge in [0.15, 0.2) is 0 Å². The molecular formula is C19H18FN3O3S2. The maximum atomic E-state index is 13.7. The first-order valence-electron chi connectivity index (χ1n) is 8.30. The van der Waals surface area contributed by atoms with E-state index >= 15 is 0 Å². The molecule has 3 rings (SSSR count). The lowest BCUT2D eigenvalue weighted by atomic mass is 10.2. The maximum Gasteiger partial charge on any atom is 0.412 e. The molecule has 2 amide bonds. The fraction of sp³-hybridized carbons (Fsp3) is 0.211. The first kappa shape index (κ1) is 20.0. The van der Waals surface area contributed by atoms with Gasteiger partial charge < -0.3 is 10.1 Å². The van der Waals surface area contributed by atoms with Crippen LogP contribution in [-0.4, -0.2) is 22.6 Å². The van der Waals surface area contributed by atoms with Gasteiger partial charge in [-0.25, -0.2) is 14.2 Å². The van der Waals surface area contributed by atoms with Crippen molar-refractivity contribution < 1.29 is 18.7 Å². The second-order valence-electron chi connectivity index (χ2n) is 6.82. The number of benzene rings is 1. The summed E-state index contributed by atoms with van der Waals surface area (Å²) in [5.74, 6) is -1.06. The zero-order chi connectivity index (χ0) is 20.3. The Labute approximate surface area is 169 Å². The van der Waals surface area contributed by atoms with E-state index in [4.69, 9.17) is 4.74 Å². The molecule has 3 aromatic rings. The van der Waals surface area contributed by atoms with Gasteiger partial charge in [-0.15, -0.1) is 11.3 Å². The number of nitrogens with zero attached hydrogens (tertiary/aromatic N) is 1. The van der Waals surface area contributed by atoms with E-state index in [0.29, 0.717) is 0 Å². The molecule has 0 aliphatic heterocycles. The van der Waals surface area contributed by atoms with Gasteiger partial charge in [0.2, 0.25) is 0 Å². The Hall–Kier alpha value is -2.78. The predicted octanol–water partition coefficient (Wildman–Crippen LogP) is 5.61. The molecule has 0 saturated carbocycles. The van der Waals surface area contributed by atoms with Crippen LogP contribution in [-0.2, 0) is 4.74 Å². The van der Waals surface area contributed by atoms with E-state index in [9.17, 15) is 14.0 Å². The summed E-state index contributed by atoms with van der Waals surface area (Å²) in [6.07, 6.45) is -0.706. The summed E-state index contributed by atoms with van der Waals surface area (Å²) >= 11 is 2.88. The van der Waals surface area contributed by atoms with E-state index in [1.165, 1.54) is 23.5 Å². The Morgan fingerprint density at radius 2 is 1.89 bits per heavy atom. The number of thiophene rings is 1. The number of ether oxygens (including phenoxy) is 1. The average molecular weight is 420 g/mol. The van der Waals surface area contributed by atoms with Gasteiger partial charge in [-0.2, -0.15) is 11.3 Å². The largest absolute Gasteiger partial charge is 0.444 e. The third-order valence-corrected chi connectivity index (χ3v) is 4.94. The van der Waals surface area contributed by atoms with Crippen LogP contribution >= 0.6 is 22.7 Å². The van der Waals surface area contributed by atoms with Crippen molar-refractivity contribution in [2.75, 3.05) is 10.6 Å². The van der Waals surface area contributed by atoms with Crippen molar-refractivity contribution in [3.05, 3.63) is 51.9 Å². The zero-order valence-electron chi connectivity index (χ0n) is 15.4. The van der Waals surface area contributed by atoms with Crippen LogP contribution in [0, 0.1) is 5.82 Å². The summed E-state index contributed by atoms with van der Waals surface area (Å²) in [5, 5.41) is 11.3. The molecule has 0 saturated heterocycles. The van der Waals surface area contributed by atoms with Crippen LogP contribution in [0.25, 0.3) is 10.6 Å². The number of halogens is 1. The summed E-state index contributed by atoms with van der Waals surface area (Å²) < 4.78 is 18.9. The van der Waals surface area contributed by atoms with Crippen molar-refractivity contribution >= 4 is 46.0 Å². The second kappa shape index (κ2) is 8.07. The zero-order valence-corrected chi connectivity index (χ0v) is 17.0. The number of thiazole rings is 1. The van der Waals surface area contributed by atoms with Gasteiger partial charge in [0, 0.05) is 16.3 Å². The number of carbonyl (C=O) groups excluding carboxylic acids is 2. The van der Waals surface area contributed by atoms with E-state index in [2.05, 4.69) is 15.6 Å². The molecule has 2 heterocycles. The minimum atomic E-state index is -0.706. The first-order chi connectivity index (χ1) is 13.2. The first-order valence-corrected chi connectivity index (χ1v) is 10.1. The van der Waals surface area contributed by atoms with E-state index in [-0.39, 0.29) is 17.1 Å². The van der Waals surface area contributed by atoms with E-state index in [1.807, 2.05) is 16.8 Å². The van der Waals surface area contributed by atoms with Gasteiger partial charge in [0.25, 0.3) is 5.91 Å². The van der Waals surface area contributed by atoms with Crippen molar-refractivity contribution in [2.45, 2.75) is 26.4 Å². The molecular weight excluding hydrogens is 401 g/mol. The Balaban J connectivity index is 1.77. The summed E-state index contributed by atoms with van der Waals surface area (Å²) in [5.41, 5.74) is 0.788. The maximum absolute atomic E-state index is 13.7. The van der Waals surface area contributed by atoms with Crippen molar-refractivity contribution in [2.24, 2.45) is 0 Å². The highest BCUT2D eigenvalue weighted by Crippen LogP contribution is 2.28. The summed E-state index contributed by atoms with van der Waals surface area (Å²) in [6.45, 7) is 5.19. The van der Waals surface area contributed by atoms with Crippen LogP contribution < -0.4 is 10.6 Å². The Kier molecular flexibility index (Phi) is 5.76. The summed E-state index contributed by atoms with van der Waals surface area (Å²) in [7, 11) is 0. The van der Waals surface area contributed by atoms with Crippen LogP contribution in [0.3, 0.4) is 0 Å². The molecule has 0 aliphatic carbocycles. The number of rotatable bonds is 4. The molecule has 2 N–H and O–H groups in total. The van der Waals surface area contributed by atoms with Crippen molar-refractivity contribution in [3.63, 3.8) is 0 Å². The topological polar surface area (TPSA) is 80.3 Å². The monoisotopic (exact) mass is 419 g/mol. The summed E-state index contributed by atoms with van der Waals surface area (Å²) in [4.78, 5) is 28.9. The number of nitrogens with one attached hydrogen (secondary N) is 2. The highest BCUT2D eigenvalue weighted by molar-refractivity contribution is 7.14. The third kappa shape index (κ3) is 5.14. The quantitative estimate of drug-likeness (QED) is 0.576. The molecule has 0 unspecified atom stereocenters. The van der Waals surface area contributed by atoms with Crippen LogP contribution in [0.15, 0.2) is 40.4 Å². The van der Waals surface area contributed by atoms with Crippen molar-refractivity contribution in [3.8, 4) is 10.6 Å². The normalized spacial score (nSPS) is 11.1.